The van der Waals surface area contributed by atoms with E-state index in [4.69, 9.17) is 0 Å². The van der Waals surface area contributed by atoms with Crippen molar-refractivity contribution in [2.75, 3.05) is 0 Å². The summed E-state index contributed by atoms with van der Waals surface area (Å²) in [5, 5.41) is 3.56. The molecule has 0 spiro atoms. The predicted octanol–water partition coefficient (Wildman–Crippen LogP) is 4.50. The molecule has 3 unspecified atom stereocenters. The summed E-state index contributed by atoms with van der Waals surface area (Å²) in [4.78, 5) is 0. The van der Waals surface area contributed by atoms with Crippen molar-refractivity contribution < 1.29 is 4.39 Å². The fraction of sp³-hybridized carbons (Fsp3) is 0.600. The summed E-state index contributed by atoms with van der Waals surface area (Å²) in [5.41, 5.74) is 1.01. The zero-order chi connectivity index (χ0) is 13.1. The number of hydrogen-bond donors (Lipinski definition) is 1. The average molecular weight is 314 g/mol. The molecule has 0 heterocycles. The summed E-state index contributed by atoms with van der Waals surface area (Å²) in [7, 11) is 0. The Morgan fingerprint density at radius 2 is 2.00 bits per heavy atom. The maximum absolute atomic E-state index is 13.2. The molecule has 1 aliphatic rings. The van der Waals surface area contributed by atoms with Gasteiger partial charge in [-0.15, -0.1) is 0 Å². The molecule has 1 saturated carbocycles. The highest BCUT2D eigenvalue weighted by molar-refractivity contribution is 9.10. The zero-order valence-corrected chi connectivity index (χ0v) is 12.6. The van der Waals surface area contributed by atoms with Crippen molar-refractivity contribution >= 4 is 15.9 Å². The van der Waals surface area contributed by atoms with E-state index in [0.29, 0.717) is 6.04 Å². The SMILES string of the molecule is CC1CCC(NCc2cc(F)cc(Br)c2)CC1C. The van der Waals surface area contributed by atoms with Crippen LogP contribution >= 0.6 is 15.9 Å². The van der Waals surface area contributed by atoms with Crippen LogP contribution in [-0.2, 0) is 6.54 Å². The van der Waals surface area contributed by atoms with Crippen LogP contribution in [0.25, 0.3) is 0 Å². The number of rotatable bonds is 3. The molecule has 0 saturated heterocycles. The Morgan fingerprint density at radius 3 is 2.67 bits per heavy atom. The molecule has 3 atom stereocenters. The lowest BCUT2D eigenvalue weighted by molar-refractivity contribution is 0.225. The molecule has 18 heavy (non-hydrogen) atoms. The van der Waals surface area contributed by atoms with E-state index in [2.05, 4.69) is 35.1 Å². The summed E-state index contributed by atoms with van der Waals surface area (Å²) >= 11 is 3.33. The van der Waals surface area contributed by atoms with Gasteiger partial charge in [-0.1, -0.05) is 29.8 Å². The third-order valence-electron chi connectivity index (χ3n) is 4.12. The van der Waals surface area contributed by atoms with E-state index in [1.165, 1.54) is 25.3 Å². The van der Waals surface area contributed by atoms with E-state index >= 15 is 0 Å². The highest BCUT2D eigenvalue weighted by Gasteiger charge is 2.23. The Morgan fingerprint density at radius 1 is 1.22 bits per heavy atom. The first-order chi connectivity index (χ1) is 8.54. The van der Waals surface area contributed by atoms with Crippen molar-refractivity contribution in [2.24, 2.45) is 11.8 Å². The number of hydrogen-bond acceptors (Lipinski definition) is 1. The second kappa shape index (κ2) is 6.16. The standard InChI is InChI=1S/C15H21BrFN/c1-10-3-4-15(5-11(10)2)18-9-12-6-13(16)8-14(17)7-12/h6-8,10-11,15,18H,3-5,9H2,1-2H3. The monoisotopic (exact) mass is 313 g/mol. The van der Waals surface area contributed by atoms with Crippen LogP contribution in [-0.4, -0.2) is 6.04 Å². The first-order valence-electron chi connectivity index (χ1n) is 6.73. The molecular formula is C15H21BrFN. The first kappa shape index (κ1) is 14.0. The summed E-state index contributed by atoms with van der Waals surface area (Å²) in [6, 6.07) is 5.66. The van der Waals surface area contributed by atoms with E-state index in [-0.39, 0.29) is 5.82 Å². The van der Waals surface area contributed by atoms with Crippen molar-refractivity contribution in [2.45, 2.75) is 45.7 Å². The van der Waals surface area contributed by atoms with Crippen molar-refractivity contribution in [3.8, 4) is 0 Å². The Hall–Kier alpha value is -0.410. The topological polar surface area (TPSA) is 12.0 Å². The van der Waals surface area contributed by atoms with E-state index in [1.54, 1.807) is 6.07 Å². The van der Waals surface area contributed by atoms with Crippen LogP contribution in [0.3, 0.4) is 0 Å². The molecule has 1 aromatic carbocycles. The lowest BCUT2D eigenvalue weighted by atomic mass is 9.79. The third kappa shape index (κ3) is 3.79. The number of halogens is 2. The Bertz CT molecular complexity index is 387. The Kier molecular flexibility index (Phi) is 4.79. The molecule has 0 bridgehead atoms. The average Bonchev–Trinajstić information content (AvgIpc) is 2.29. The minimum Gasteiger partial charge on any atom is -0.310 e. The molecule has 0 aliphatic heterocycles. The van der Waals surface area contributed by atoms with E-state index < -0.39 is 0 Å². The van der Waals surface area contributed by atoms with Gasteiger partial charge in [0.15, 0.2) is 0 Å². The minimum atomic E-state index is -0.174. The number of nitrogens with one attached hydrogen (secondary N) is 1. The van der Waals surface area contributed by atoms with Gasteiger partial charge in [0.1, 0.15) is 5.82 Å². The summed E-state index contributed by atoms with van der Waals surface area (Å²) in [6.07, 6.45) is 3.77. The largest absolute Gasteiger partial charge is 0.310 e. The molecule has 0 aromatic heterocycles. The predicted molar refractivity (Wildman–Crippen MR) is 76.9 cm³/mol. The van der Waals surface area contributed by atoms with Gasteiger partial charge >= 0.3 is 0 Å². The molecule has 3 heteroatoms. The van der Waals surface area contributed by atoms with Gasteiger partial charge in [0, 0.05) is 17.1 Å². The fourth-order valence-electron chi connectivity index (χ4n) is 2.71. The van der Waals surface area contributed by atoms with Crippen LogP contribution in [0.4, 0.5) is 4.39 Å². The molecule has 1 aromatic rings. The summed E-state index contributed by atoms with van der Waals surface area (Å²) in [5.74, 6) is 1.45. The summed E-state index contributed by atoms with van der Waals surface area (Å²) in [6.45, 7) is 5.42. The van der Waals surface area contributed by atoms with Crippen molar-refractivity contribution in [3.63, 3.8) is 0 Å². The highest BCUT2D eigenvalue weighted by Crippen LogP contribution is 2.29. The van der Waals surface area contributed by atoms with Crippen LogP contribution < -0.4 is 5.32 Å². The molecule has 1 aliphatic carbocycles. The van der Waals surface area contributed by atoms with Gasteiger partial charge in [0.2, 0.25) is 0 Å². The molecule has 2 rings (SSSR count). The van der Waals surface area contributed by atoms with Crippen molar-refractivity contribution in [1.29, 1.82) is 0 Å². The molecule has 0 radical (unpaired) electrons. The van der Waals surface area contributed by atoms with Gasteiger partial charge in [-0.2, -0.15) is 0 Å². The quantitative estimate of drug-likeness (QED) is 0.866. The summed E-state index contributed by atoms with van der Waals surface area (Å²) < 4.78 is 14.1. The van der Waals surface area contributed by atoms with Crippen LogP contribution in [0.5, 0.6) is 0 Å². The third-order valence-corrected chi connectivity index (χ3v) is 4.57. The van der Waals surface area contributed by atoms with Gasteiger partial charge in [-0.3, -0.25) is 0 Å². The second-order valence-corrected chi connectivity index (χ2v) is 6.54. The molecule has 100 valence electrons. The molecular weight excluding hydrogens is 293 g/mol. The molecule has 1 N–H and O–H groups in total. The molecule has 1 fully saturated rings. The van der Waals surface area contributed by atoms with Gasteiger partial charge in [0.25, 0.3) is 0 Å². The van der Waals surface area contributed by atoms with Crippen LogP contribution in [0, 0.1) is 17.7 Å². The fourth-order valence-corrected chi connectivity index (χ4v) is 3.22. The van der Waals surface area contributed by atoms with Crippen molar-refractivity contribution in [1.82, 2.24) is 5.32 Å². The Balaban J connectivity index is 1.88. The van der Waals surface area contributed by atoms with Crippen LogP contribution in [0.1, 0.15) is 38.7 Å². The van der Waals surface area contributed by atoms with Gasteiger partial charge in [-0.25, -0.2) is 4.39 Å². The van der Waals surface area contributed by atoms with Crippen molar-refractivity contribution in [3.05, 3.63) is 34.1 Å². The normalized spacial score (nSPS) is 28.3. The van der Waals surface area contributed by atoms with Gasteiger partial charge in [-0.05, 0) is 54.9 Å². The highest BCUT2D eigenvalue weighted by atomic mass is 79.9. The molecule has 0 amide bonds. The van der Waals surface area contributed by atoms with Crippen LogP contribution in [0.15, 0.2) is 22.7 Å². The Labute approximate surface area is 117 Å². The lowest BCUT2D eigenvalue weighted by Gasteiger charge is -2.32. The van der Waals surface area contributed by atoms with E-state index in [9.17, 15) is 4.39 Å². The van der Waals surface area contributed by atoms with E-state index in [1.807, 2.05) is 6.07 Å². The van der Waals surface area contributed by atoms with Crippen LogP contribution in [0.2, 0.25) is 0 Å². The smallest absolute Gasteiger partial charge is 0.124 e. The maximum Gasteiger partial charge on any atom is 0.124 e. The first-order valence-corrected chi connectivity index (χ1v) is 7.52. The van der Waals surface area contributed by atoms with Gasteiger partial charge < -0.3 is 5.32 Å². The lowest BCUT2D eigenvalue weighted by Crippen LogP contribution is -2.35. The molecule has 1 nitrogen and oxygen atoms in total. The maximum atomic E-state index is 13.2. The van der Waals surface area contributed by atoms with E-state index in [0.717, 1.165) is 28.4 Å². The van der Waals surface area contributed by atoms with Gasteiger partial charge in [0.05, 0.1) is 0 Å². The minimum absolute atomic E-state index is 0.174. The zero-order valence-electron chi connectivity index (χ0n) is 11.0. The second-order valence-electron chi connectivity index (χ2n) is 5.62. The number of benzene rings is 1.